The average Bonchev–Trinajstić information content (AvgIpc) is 3.15. The molecule has 1 aliphatic carbocycles. The first-order valence-electron chi connectivity index (χ1n) is 6.56. The summed E-state index contributed by atoms with van der Waals surface area (Å²) in [6.45, 7) is 0.536. The molecule has 2 aromatic heterocycles. The predicted octanol–water partition coefficient (Wildman–Crippen LogP) is 3.32. The van der Waals surface area contributed by atoms with E-state index >= 15 is 0 Å². The molecule has 3 rings (SSSR count). The Labute approximate surface area is 116 Å². The van der Waals surface area contributed by atoms with Gasteiger partial charge in [0.2, 0.25) is 0 Å². The van der Waals surface area contributed by atoms with Gasteiger partial charge >= 0.3 is 0 Å². The highest BCUT2D eigenvalue weighted by Crippen LogP contribution is 2.26. The monoisotopic (exact) mass is 276 g/mol. The summed E-state index contributed by atoms with van der Waals surface area (Å²) in [7, 11) is 0. The smallest absolute Gasteiger partial charge is 0.273 e. The SMILES string of the molecule is O=C(c1cscn1)N(Cc1ccco1)C1CCCC1. The van der Waals surface area contributed by atoms with Crippen molar-refractivity contribution in [2.45, 2.75) is 38.3 Å². The lowest BCUT2D eigenvalue weighted by Gasteiger charge is -2.27. The van der Waals surface area contributed by atoms with Crippen molar-refractivity contribution < 1.29 is 9.21 Å². The molecule has 0 bridgehead atoms. The minimum absolute atomic E-state index is 0.0181. The van der Waals surface area contributed by atoms with Crippen LogP contribution in [0.1, 0.15) is 41.9 Å². The third-order valence-electron chi connectivity index (χ3n) is 3.58. The molecule has 0 aromatic carbocycles. The van der Waals surface area contributed by atoms with Crippen LogP contribution >= 0.6 is 11.3 Å². The molecule has 2 heterocycles. The van der Waals surface area contributed by atoms with Gasteiger partial charge in [0.25, 0.3) is 5.91 Å². The number of carbonyl (C=O) groups excluding carboxylic acids is 1. The number of thiazole rings is 1. The number of rotatable bonds is 4. The third kappa shape index (κ3) is 2.71. The molecule has 1 saturated carbocycles. The first-order chi connectivity index (χ1) is 9.34. The summed E-state index contributed by atoms with van der Waals surface area (Å²) in [6, 6.07) is 4.09. The van der Waals surface area contributed by atoms with Crippen molar-refractivity contribution in [1.29, 1.82) is 0 Å². The Morgan fingerprint density at radius 2 is 2.32 bits per heavy atom. The van der Waals surface area contributed by atoms with Crippen LogP contribution in [0.2, 0.25) is 0 Å². The van der Waals surface area contributed by atoms with Crippen LogP contribution in [0, 0.1) is 0 Å². The molecule has 0 N–H and O–H groups in total. The molecule has 2 aromatic rings. The van der Waals surface area contributed by atoms with Gasteiger partial charge in [-0.25, -0.2) is 4.98 Å². The fourth-order valence-corrected chi connectivity index (χ4v) is 3.14. The largest absolute Gasteiger partial charge is 0.467 e. The Bertz CT molecular complexity index is 516. The predicted molar refractivity (Wildman–Crippen MR) is 73.0 cm³/mol. The van der Waals surface area contributed by atoms with Gasteiger partial charge in [0.1, 0.15) is 11.5 Å². The lowest BCUT2D eigenvalue weighted by atomic mass is 10.2. The van der Waals surface area contributed by atoms with E-state index in [1.165, 1.54) is 24.2 Å². The van der Waals surface area contributed by atoms with E-state index in [1.54, 1.807) is 11.8 Å². The second kappa shape index (κ2) is 5.57. The van der Waals surface area contributed by atoms with Crippen LogP contribution in [0.15, 0.2) is 33.7 Å². The summed E-state index contributed by atoms with van der Waals surface area (Å²) in [5.74, 6) is 0.847. The number of hydrogen-bond donors (Lipinski definition) is 0. The minimum Gasteiger partial charge on any atom is -0.467 e. The molecule has 19 heavy (non-hydrogen) atoms. The number of amides is 1. The first kappa shape index (κ1) is 12.4. The number of hydrogen-bond acceptors (Lipinski definition) is 4. The van der Waals surface area contributed by atoms with E-state index in [0.717, 1.165) is 18.6 Å². The van der Waals surface area contributed by atoms with E-state index in [9.17, 15) is 4.79 Å². The van der Waals surface area contributed by atoms with Crippen molar-refractivity contribution in [2.24, 2.45) is 0 Å². The molecule has 0 radical (unpaired) electrons. The van der Waals surface area contributed by atoms with Crippen molar-refractivity contribution in [2.75, 3.05) is 0 Å². The van der Waals surface area contributed by atoms with Gasteiger partial charge in [0, 0.05) is 11.4 Å². The Balaban J connectivity index is 1.81. The van der Waals surface area contributed by atoms with E-state index < -0.39 is 0 Å². The number of carbonyl (C=O) groups is 1. The van der Waals surface area contributed by atoms with Crippen LogP contribution in [0.4, 0.5) is 0 Å². The van der Waals surface area contributed by atoms with Crippen LogP contribution in [0.3, 0.4) is 0 Å². The second-order valence-electron chi connectivity index (χ2n) is 4.82. The van der Waals surface area contributed by atoms with Gasteiger partial charge in [-0.1, -0.05) is 12.8 Å². The van der Waals surface area contributed by atoms with Gasteiger partial charge in [-0.2, -0.15) is 0 Å². The lowest BCUT2D eigenvalue weighted by Crippen LogP contribution is -2.38. The maximum absolute atomic E-state index is 12.5. The third-order valence-corrected chi connectivity index (χ3v) is 4.17. The van der Waals surface area contributed by atoms with Gasteiger partial charge in [-0.3, -0.25) is 4.79 Å². The van der Waals surface area contributed by atoms with Crippen LogP contribution in [0.5, 0.6) is 0 Å². The highest BCUT2D eigenvalue weighted by molar-refractivity contribution is 7.07. The zero-order chi connectivity index (χ0) is 13.1. The van der Waals surface area contributed by atoms with Crippen molar-refractivity contribution in [3.05, 3.63) is 40.7 Å². The van der Waals surface area contributed by atoms with Gasteiger partial charge in [0.15, 0.2) is 0 Å². The Kier molecular flexibility index (Phi) is 3.64. The van der Waals surface area contributed by atoms with Gasteiger partial charge in [-0.15, -0.1) is 11.3 Å². The Morgan fingerprint density at radius 3 is 2.95 bits per heavy atom. The Morgan fingerprint density at radius 1 is 1.47 bits per heavy atom. The maximum Gasteiger partial charge on any atom is 0.273 e. The second-order valence-corrected chi connectivity index (χ2v) is 5.54. The molecule has 1 fully saturated rings. The molecule has 0 atom stereocenters. The average molecular weight is 276 g/mol. The molecule has 0 aliphatic heterocycles. The van der Waals surface area contributed by atoms with Crippen molar-refractivity contribution in [3.63, 3.8) is 0 Å². The normalized spacial score (nSPS) is 15.8. The molecule has 0 spiro atoms. The summed E-state index contributed by atoms with van der Waals surface area (Å²) in [6.07, 6.45) is 6.20. The quantitative estimate of drug-likeness (QED) is 0.860. The van der Waals surface area contributed by atoms with E-state index in [0.29, 0.717) is 18.3 Å². The molecule has 0 unspecified atom stereocenters. The summed E-state index contributed by atoms with van der Waals surface area (Å²) >= 11 is 1.45. The standard InChI is InChI=1S/C14H16N2O2S/c17-14(13-9-19-10-15-13)16(11-4-1-2-5-11)8-12-6-3-7-18-12/h3,6-7,9-11H,1-2,4-5,8H2. The van der Waals surface area contributed by atoms with Gasteiger partial charge < -0.3 is 9.32 Å². The number of furan rings is 1. The molecular formula is C14H16N2O2S. The van der Waals surface area contributed by atoms with Crippen LogP contribution in [-0.2, 0) is 6.54 Å². The van der Waals surface area contributed by atoms with Crippen LogP contribution < -0.4 is 0 Å². The molecule has 100 valence electrons. The zero-order valence-electron chi connectivity index (χ0n) is 10.6. The summed E-state index contributed by atoms with van der Waals surface area (Å²) < 4.78 is 5.38. The fraction of sp³-hybridized carbons (Fsp3) is 0.429. The Hall–Kier alpha value is -1.62. The molecule has 1 aliphatic rings. The highest BCUT2D eigenvalue weighted by atomic mass is 32.1. The maximum atomic E-state index is 12.5. The zero-order valence-corrected chi connectivity index (χ0v) is 11.4. The molecule has 4 nitrogen and oxygen atoms in total. The minimum atomic E-state index is 0.0181. The number of aromatic nitrogens is 1. The van der Waals surface area contributed by atoms with Crippen LogP contribution in [-0.4, -0.2) is 21.8 Å². The van der Waals surface area contributed by atoms with E-state index in [1.807, 2.05) is 22.4 Å². The van der Waals surface area contributed by atoms with E-state index in [4.69, 9.17) is 4.42 Å². The van der Waals surface area contributed by atoms with E-state index in [-0.39, 0.29) is 5.91 Å². The number of nitrogens with zero attached hydrogens (tertiary/aromatic N) is 2. The molecule has 5 heteroatoms. The summed E-state index contributed by atoms with van der Waals surface area (Å²) in [4.78, 5) is 18.6. The fourth-order valence-electron chi connectivity index (χ4n) is 2.62. The van der Waals surface area contributed by atoms with Crippen molar-refractivity contribution in [3.8, 4) is 0 Å². The van der Waals surface area contributed by atoms with Crippen molar-refractivity contribution in [1.82, 2.24) is 9.88 Å². The first-order valence-corrected chi connectivity index (χ1v) is 7.50. The van der Waals surface area contributed by atoms with E-state index in [2.05, 4.69) is 4.98 Å². The van der Waals surface area contributed by atoms with Gasteiger partial charge in [0.05, 0.1) is 18.3 Å². The summed E-state index contributed by atoms with van der Waals surface area (Å²) in [5.41, 5.74) is 2.25. The summed E-state index contributed by atoms with van der Waals surface area (Å²) in [5, 5.41) is 1.81. The van der Waals surface area contributed by atoms with Gasteiger partial charge in [-0.05, 0) is 25.0 Å². The van der Waals surface area contributed by atoms with Crippen LogP contribution in [0.25, 0.3) is 0 Å². The molecular weight excluding hydrogens is 260 g/mol. The molecule has 0 saturated heterocycles. The highest BCUT2D eigenvalue weighted by Gasteiger charge is 2.28. The topological polar surface area (TPSA) is 46.3 Å². The van der Waals surface area contributed by atoms with Crippen molar-refractivity contribution >= 4 is 17.2 Å². The molecule has 1 amide bonds. The lowest BCUT2D eigenvalue weighted by molar-refractivity contribution is 0.0643.